The summed E-state index contributed by atoms with van der Waals surface area (Å²) in [6.45, 7) is 2.24. The van der Waals surface area contributed by atoms with Gasteiger partial charge in [0.2, 0.25) is 0 Å². The normalized spacial score (nSPS) is 21.3. The molecule has 1 fully saturated rings. The van der Waals surface area contributed by atoms with Crippen LogP contribution in [-0.4, -0.2) is 24.9 Å². The van der Waals surface area contributed by atoms with Crippen molar-refractivity contribution < 1.29 is 9.84 Å². The van der Waals surface area contributed by atoms with Crippen molar-refractivity contribution in [3.8, 4) is 5.75 Å². The van der Waals surface area contributed by atoms with E-state index >= 15 is 0 Å². The van der Waals surface area contributed by atoms with Crippen LogP contribution in [0.3, 0.4) is 0 Å². The van der Waals surface area contributed by atoms with Crippen LogP contribution in [0.15, 0.2) is 24.3 Å². The monoisotopic (exact) mass is 215 g/mol. The van der Waals surface area contributed by atoms with E-state index in [4.69, 9.17) is 4.74 Å². The third-order valence-corrected chi connectivity index (χ3v) is 2.23. The molecule has 3 nitrogen and oxygen atoms in total. The number of hydrogen-bond donors (Lipinski definition) is 2. The van der Waals surface area contributed by atoms with Crippen LogP contribution in [0.4, 0.5) is 0 Å². The minimum atomic E-state index is 0. The molecular weight excluding hydrogens is 202 g/mol. The Bertz CT molecular complexity index is 287. The number of benzene rings is 1. The second kappa shape index (κ2) is 5.20. The number of aromatic hydroxyl groups is 1. The minimum Gasteiger partial charge on any atom is -0.508 e. The lowest BCUT2D eigenvalue weighted by molar-refractivity contribution is 0.0761. The number of rotatable bonds is 1. The predicted molar refractivity (Wildman–Crippen MR) is 56.9 cm³/mol. The van der Waals surface area contributed by atoms with Gasteiger partial charge in [0.15, 0.2) is 0 Å². The molecule has 1 atom stereocenters. The Kier molecular flexibility index (Phi) is 4.20. The van der Waals surface area contributed by atoms with Crippen LogP contribution in [0.1, 0.15) is 11.6 Å². The molecule has 2 rings (SSSR count). The van der Waals surface area contributed by atoms with Crippen LogP contribution in [0.2, 0.25) is 0 Å². The average Bonchev–Trinajstić information content (AvgIpc) is 2.20. The highest BCUT2D eigenvalue weighted by Gasteiger charge is 2.17. The summed E-state index contributed by atoms with van der Waals surface area (Å²) in [7, 11) is 0. The van der Waals surface area contributed by atoms with Gasteiger partial charge < -0.3 is 15.2 Å². The molecule has 0 amide bonds. The van der Waals surface area contributed by atoms with E-state index in [2.05, 4.69) is 5.32 Å². The summed E-state index contributed by atoms with van der Waals surface area (Å²) in [4.78, 5) is 0. The summed E-state index contributed by atoms with van der Waals surface area (Å²) >= 11 is 0. The van der Waals surface area contributed by atoms with Gasteiger partial charge in [0.05, 0.1) is 19.3 Å². The third kappa shape index (κ3) is 2.38. The van der Waals surface area contributed by atoms with Crippen molar-refractivity contribution in [2.45, 2.75) is 6.04 Å². The molecular formula is C10H14ClNO2. The third-order valence-electron chi connectivity index (χ3n) is 2.23. The van der Waals surface area contributed by atoms with E-state index in [1.807, 2.05) is 18.2 Å². The Hall–Kier alpha value is -0.770. The molecule has 14 heavy (non-hydrogen) atoms. The van der Waals surface area contributed by atoms with Gasteiger partial charge in [-0.25, -0.2) is 0 Å². The average molecular weight is 216 g/mol. The van der Waals surface area contributed by atoms with E-state index in [9.17, 15) is 5.11 Å². The van der Waals surface area contributed by atoms with Gasteiger partial charge in [-0.2, -0.15) is 0 Å². The van der Waals surface area contributed by atoms with E-state index in [1.54, 1.807) is 6.07 Å². The molecule has 78 valence electrons. The Morgan fingerprint density at radius 1 is 1.36 bits per heavy atom. The maximum atomic E-state index is 9.57. The highest BCUT2D eigenvalue weighted by Crippen LogP contribution is 2.24. The van der Waals surface area contributed by atoms with Gasteiger partial charge in [0, 0.05) is 12.1 Å². The van der Waals surface area contributed by atoms with Crippen molar-refractivity contribution in [3.63, 3.8) is 0 Å². The summed E-state index contributed by atoms with van der Waals surface area (Å²) in [5, 5.41) is 12.9. The first-order chi connectivity index (χ1) is 6.38. The standard InChI is InChI=1S/C10H13NO2.ClH/c12-10-4-2-1-3-8(10)9-7-13-6-5-11-9;/h1-4,9,11-12H,5-7H2;1H/t9-;/m0./s1. The van der Waals surface area contributed by atoms with Crippen LogP contribution in [0, 0.1) is 0 Å². The molecule has 0 spiro atoms. The lowest BCUT2D eigenvalue weighted by Crippen LogP contribution is -2.34. The molecule has 2 N–H and O–H groups in total. The lowest BCUT2D eigenvalue weighted by Gasteiger charge is -2.24. The topological polar surface area (TPSA) is 41.5 Å². The van der Waals surface area contributed by atoms with Crippen molar-refractivity contribution in [2.24, 2.45) is 0 Å². The first kappa shape index (κ1) is 11.3. The molecule has 1 saturated heterocycles. The maximum Gasteiger partial charge on any atom is 0.120 e. The molecule has 1 aliphatic rings. The van der Waals surface area contributed by atoms with Crippen molar-refractivity contribution in [3.05, 3.63) is 29.8 Å². The van der Waals surface area contributed by atoms with Gasteiger partial charge in [-0.15, -0.1) is 12.4 Å². The Morgan fingerprint density at radius 3 is 2.79 bits per heavy atom. The number of morpholine rings is 1. The predicted octanol–water partition coefficient (Wildman–Crippen LogP) is 1.47. The summed E-state index contributed by atoms with van der Waals surface area (Å²) < 4.78 is 5.32. The number of phenols is 1. The fourth-order valence-corrected chi connectivity index (χ4v) is 1.55. The first-order valence-corrected chi connectivity index (χ1v) is 4.47. The van der Waals surface area contributed by atoms with Crippen LogP contribution in [-0.2, 0) is 4.74 Å². The van der Waals surface area contributed by atoms with Gasteiger partial charge in [-0.1, -0.05) is 18.2 Å². The number of para-hydroxylation sites is 1. The second-order valence-corrected chi connectivity index (χ2v) is 3.14. The first-order valence-electron chi connectivity index (χ1n) is 4.47. The lowest BCUT2D eigenvalue weighted by atomic mass is 10.1. The molecule has 1 heterocycles. The van der Waals surface area contributed by atoms with Crippen LogP contribution >= 0.6 is 12.4 Å². The van der Waals surface area contributed by atoms with Gasteiger partial charge in [0.25, 0.3) is 0 Å². The molecule has 1 aromatic rings. The highest BCUT2D eigenvalue weighted by molar-refractivity contribution is 5.85. The highest BCUT2D eigenvalue weighted by atomic mass is 35.5. The smallest absolute Gasteiger partial charge is 0.120 e. The van der Waals surface area contributed by atoms with Gasteiger partial charge in [-0.05, 0) is 6.07 Å². The Morgan fingerprint density at radius 2 is 2.14 bits per heavy atom. The summed E-state index contributed by atoms with van der Waals surface area (Å²) in [6.07, 6.45) is 0. The largest absolute Gasteiger partial charge is 0.508 e. The molecule has 4 heteroatoms. The molecule has 0 aromatic heterocycles. The molecule has 0 radical (unpaired) electrons. The van der Waals surface area contributed by atoms with Gasteiger partial charge in [-0.3, -0.25) is 0 Å². The second-order valence-electron chi connectivity index (χ2n) is 3.14. The summed E-state index contributed by atoms with van der Waals surface area (Å²) in [5.41, 5.74) is 0.919. The molecule has 0 bridgehead atoms. The quantitative estimate of drug-likeness (QED) is 0.746. The van der Waals surface area contributed by atoms with E-state index in [-0.39, 0.29) is 18.4 Å². The molecule has 1 aliphatic heterocycles. The van der Waals surface area contributed by atoms with E-state index in [0.717, 1.165) is 18.7 Å². The SMILES string of the molecule is Cl.Oc1ccccc1[C@@H]1COCCN1. The zero-order valence-electron chi connectivity index (χ0n) is 7.77. The zero-order chi connectivity index (χ0) is 9.10. The molecule has 1 aromatic carbocycles. The van der Waals surface area contributed by atoms with E-state index in [1.165, 1.54) is 0 Å². The van der Waals surface area contributed by atoms with Crippen molar-refractivity contribution in [1.82, 2.24) is 5.32 Å². The van der Waals surface area contributed by atoms with Gasteiger partial charge >= 0.3 is 0 Å². The Labute approximate surface area is 89.5 Å². The summed E-state index contributed by atoms with van der Waals surface area (Å²) in [5.74, 6) is 0.338. The fourth-order valence-electron chi connectivity index (χ4n) is 1.55. The van der Waals surface area contributed by atoms with Crippen molar-refractivity contribution >= 4 is 12.4 Å². The van der Waals surface area contributed by atoms with E-state index < -0.39 is 0 Å². The van der Waals surface area contributed by atoms with Crippen molar-refractivity contribution in [2.75, 3.05) is 19.8 Å². The maximum absolute atomic E-state index is 9.57. The number of phenolic OH excluding ortho intramolecular Hbond substituents is 1. The minimum absolute atomic E-state index is 0. The van der Waals surface area contributed by atoms with E-state index in [0.29, 0.717) is 12.4 Å². The zero-order valence-corrected chi connectivity index (χ0v) is 8.59. The fraction of sp³-hybridized carbons (Fsp3) is 0.400. The molecule has 0 unspecified atom stereocenters. The number of halogens is 1. The van der Waals surface area contributed by atoms with Crippen LogP contribution in [0.25, 0.3) is 0 Å². The molecule has 0 saturated carbocycles. The Balaban J connectivity index is 0.000000980. The van der Waals surface area contributed by atoms with Crippen LogP contribution in [0.5, 0.6) is 5.75 Å². The summed E-state index contributed by atoms with van der Waals surface area (Å²) in [6, 6.07) is 7.50. The number of nitrogens with one attached hydrogen (secondary N) is 1. The molecule has 0 aliphatic carbocycles. The van der Waals surface area contributed by atoms with Crippen LogP contribution < -0.4 is 5.32 Å². The van der Waals surface area contributed by atoms with Crippen molar-refractivity contribution in [1.29, 1.82) is 0 Å². The number of ether oxygens (including phenoxy) is 1. The number of hydrogen-bond acceptors (Lipinski definition) is 3. The van der Waals surface area contributed by atoms with Gasteiger partial charge in [0.1, 0.15) is 5.75 Å².